The minimum Gasteiger partial charge on any atom is -0.422 e. The van der Waals surface area contributed by atoms with Crippen molar-refractivity contribution in [3.8, 4) is 0 Å². The first-order valence-electron chi connectivity index (χ1n) is 7.04. The molecule has 7 nitrogen and oxygen atoms in total. The Hall–Kier alpha value is -2.70. The molecule has 0 spiro atoms. The Labute approximate surface area is 132 Å². The van der Waals surface area contributed by atoms with E-state index in [2.05, 4.69) is 4.74 Å². The fourth-order valence-electron chi connectivity index (χ4n) is 2.03. The van der Waals surface area contributed by atoms with Crippen LogP contribution >= 0.6 is 0 Å². The van der Waals surface area contributed by atoms with Gasteiger partial charge in [-0.15, -0.1) is 0 Å². The zero-order valence-corrected chi connectivity index (χ0v) is 12.7. The maximum absolute atomic E-state index is 11.7. The SMILES string of the molecule is CC1(C)OC(=O)C(CCC(=O)OC(=O)c2ccccc2)C(=O)O1. The van der Waals surface area contributed by atoms with E-state index in [0.29, 0.717) is 0 Å². The summed E-state index contributed by atoms with van der Waals surface area (Å²) in [7, 11) is 0. The van der Waals surface area contributed by atoms with Crippen LogP contribution in [0.3, 0.4) is 0 Å². The molecule has 0 amide bonds. The molecule has 23 heavy (non-hydrogen) atoms. The lowest BCUT2D eigenvalue weighted by Crippen LogP contribution is -2.46. The van der Waals surface area contributed by atoms with Gasteiger partial charge in [-0.3, -0.25) is 14.4 Å². The molecule has 2 rings (SSSR count). The van der Waals surface area contributed by atoms with Crippen LogP contribution in [0.2, 0.25) is 0 Å². The first-order valence-corrected chi connectivity index (χ1v) is 7.04. The molecule has 0 unspecified atom stereocenters. The van der Waals surface area contributed by atoms with Gasteiger partial charge in [-0.1, -0.05) is 18.2 Å². The van der Waals surface area contributed by atoms with Gasteiger partial charge in [-0.05, 0) is 18.6 Å². The Balaban J connectivity index is 1.86. The van der Waals surface area contributed by atoms with E-state index in [0.717, 1.165) is 0 Å². The highest BCUT2D eigenvalue weighted by molar-refractivity contribution is 5.98. The molecule has 1 saturated heterocycles. The number of benzene rings is 1. The maximum Gasteiger partial charge on any atom is 0.345 e. The van der Waals surface area contributed by atoms with Crippen LogP contribution in [-0.4, -0.2) is 29.7 Å². The molecule has 122 valence electrons. The number of hydrogen-bond donors (Lipinski definition) is 0. The van der Waals surface area contributed by atoms with Crippen LogP contribution in [0.5, 0.6) is 0 Å². The molecule has 7 heteroatoms. The van der Waals surface area contributed by atoms with Gasteiger partial charge in [-0.2, -0.15) is 0 Å². The van der Waals surface area contributed by atoms with E-state index < -0.39 is 35.6 Å². The third-order valence-corrected chi connectivity index (χ3v) is 3.11. The van der Waals surface area contributed by atoms with Gasteiger partial charge in [-0.25, -0.2) is 4.79 Å². The highest BCUT2D eigenvalue weighted by atomic mass is 16.7. The molecule has 0 radical (unpaired) electrons. The normalized spacial score (nSPS) is 17.1. The van der Waals surface area contributed by atoms with Crippen LogP contribution in [0, 0.1) is 5.92 Å². The van der Waals surface area contributed by atoms with Crippen molar-refractivity contribution in [3.05, 3.63) is 35.9 Å². The number of esters is 4. The molecule has 0 bridgehead atoms. The fourth-order valence-corrected chi connectivity index (χ4v) is 2.03. The Kier molecular flexibility index (Phi) is 4.78. The van der Waals surface area contributed by atoms with Gasteiger partial charge in [0.25, 0.3) is 5.79 Å². The van der Waals surface area contributed by atoms with Crippen molar-refractivity contribution in [3.63, 3.8) is 0 Å². The van der Waals surface area contributed by atoms with Gasteiger partial charge in [0, 0.05) is 20.3 Å². The van der Waals surface area contributed by atoms with Crippen LogP contribution in [0.1, 0.15) is 37.0 Å². The van der Waals surface area contributed by atoms with Crippen molar-refractivity contribution in [2.45, 2.75) is 32.5 Å². The minimum absolute atomic E-state index is 0.144. The van der Waals surface area contributed by atoms with Crippen LogP contribution in [0.15, 0.2) is 30.3 Å². The molecule has 1 aliphatic heterocycles. The largest absolute Gasteiger partial charge is 0.422 e. The molecule has 1 heterocycles. The molecule has 1 aliphatic rings. The number of rotatable bonds is 4. The lowest BCUT2D eigenvalue weighted by molar-refractivity contribution is -0.240. The molecular weight excluding hydrogens is 304 g/mol. The van der Waals surface area contributed by atoms with Crippen molar-refractivity contribution in [1.29, 1.82) is 0 Å². The number of ether oxygens (including phenoxy) is 3. The predicted octanol–water partition coefficient (Wildman–Crippen LogP) is 1.60. The van der Waals surface area contributed by atoms with E-state index in [4.69, 9.17) is 9.47 Å². The van der Waals surface area contributed by atoms with E-state index in [9.17, 15) is 19.2 Å². The zero-order valence-electron chi connectivity index (χ0n) is 12.7. The second kappa shape index (κ2) is 6.60. The van der Waals surface area contributed by atoms with Crippen LogP contribution < -0.4 is 0 Å². The molecule has 0 saturated carbocycles. The summed E-state index contributed by atoms with van der Waals surface area (Å²) in [5, 5.41) is 0. The van der Waals surface area contributed by atoms with Crippen molar-refractivity contribution in [1.82, 2.24) is 0 Å². The van der Waals surface area contributed by atoms with E-state index in [1.165, 1.54) is 26.0 Å². The Morgan fingerprint density at radius 3 is 2.22 bits per heavy atom. The summed E-state index contributed by atoms with van der Waals surface area (Å²) in [6, 6.07) is 8.01. The number of cyclic esters (lactones) is 2. The average molecular weight is 320 g/mol. The Morgan fingerprint density at radius 1 is 1.09 bits per heavy atom. The van der Waals surface area contributed by atoms with Crippen molar-refractivity contribution in [2.24, 2.45) is 5.92 Å². The first-order chi connectivity index (χ1) is 10.8. The second-order valence-electron chi connectivity index (χ2n) is 5.46. The number of hydrogen-bond acceptors (Lipinski definition) is 7. The van der Waals surface area contributed by atoms with E-state index in [1.54, 1.807) is 18.2 Å². The summed E-state index contributed by atoms with van der Waals surface area (Å²) in [5.41, 5.74) is 0.235. The molecule has 0 aromatic heterocycles. The van der Waals surface area contributed by atoms with E-state index >= 15 is 0 Å². The van der Waals surface area contributed by atoms with Crippen LogP contribution in [0.25, 0.3) is 0 Å². The lowest BCUT2D eigenvalue weighted by atomic mass is 10.0. The highest BCUT2D eigenvalue weighted by Gasteiger charge is 2.43. The van der Waals surface area contributed by atoms with Gasteiger partial charge >= 0.3 is 23.9 Å². The maximum atomic E-state index is 11.7. The summed E-state index contributed by atoms with van der Waals surface area (Å²) in [4.78, 5) is 46.8. The standard InChI is InChI=1S/C16H16O7/c1-16(2)22-14(19)11(15(20)23-16)8-9-12(17)21-13(18)10-6-4-3-5-7-10/h3-7,11H,8-9H2,1-2H3. The smallest absolute Gasteiger partial charge is 0.345 e. The van der Waals surface area contributed by atoms with Crippen molar-refractivity contribution in [2.75, 3.05) is 0 Å². The number of carbonyl (C=O) groups excluding carboxylic acids is 4. The summed E-state index contributed by atoms with van der Waals surface area (Å²) >= 11 is 0. The molecule has 1 fully saturated rings. The average Bonchev–Trinajstić information content (AvgIpc) is 2.46. The quantitative estimate of drug-likeness (QED) is 0.614. The summed E-state index contributed by atoms with van der Waals surface area (Å²) < 4.78 is 14.5. The van der Waals surface area contributed by atoms with Gasteiger partial charge in [0.2, 0.25) is 0 Å². The summed E-state index contributed by atoms with van der Waals surface area (Å²) in [5.74, 6) is -5.63. The zero-order chi connectivity index (χ0) is 17.0. The van der Waals surface area contributed by atoms with E-state index in [1.807, 2.05) is 0 Å². The van der Waals surface area contributed by atoms with E-state index in [-0.39, 0.29) is 18.4 Å². The minimum atomic E-state index is -1.31. The van der Waals surface area contributed by atoms with Crippen molar-refractivity contribution >= 4 is 23.9 Å². The van der Waals surface area contributed by atoms with Gasteiger partial charge in [0.05, 0.1) is 5.56 Å². The molecular formula is C16H16O7. The summed E-state index contributed by atoms with van der Waals surface area (Å²) in [6.07, 6.45) is -0.428. The van der Waals surface area contributed by atoms with Gasteiger partial charge < -0.3 is 14.2 Å². The van der Waals surface area contributed by atoms with Crippen LogP contribution in [-0.2, 0) is 28.6 Å². The lowest BCUT2D eigenvalue weighted by Gasteiger charge is -2.32. The molecule has 0 aliphatic carbocycles. The summed E-state index contributed by atoms with van der Waals surface area (Å²) in [6.45, 7) is 2.87. The molecule has 0 atom stereocenters. The predicted molar refractivity (Wildman–Crippen MR) is 75.9 cm³/mol. The Morgan fingerprint density at radius 2 is 1.65 bits per heavy atom. The molecule has 1 aromatic rings. The molecule has 0 N–H and O–H groups in total. The fraction of sp³-hybridized carbons (Fsp3) is 0.375. The molecule has 1 aromatic carbocycles. The van der Waals surface area contributed by atoms with Gasteiger partial charge in [0.1, 0.15) is 0 Å². The second-order valence-corrected chi connectivity index (χ2v) is 5.46. The monoisotopic (exact) mass is 320 g/mol. The van der Waals surface area contributed by atoms with Gasteiger partial charge in [0.15, 0.2) is 5.92 Å². The first kappa shape index (κ1) is 16.7. The highest BCUT2D eigenvalue weighted by Crippen LogP contribution is 2.25. The third kappa shape index (κ3) is 4.38. The number of carbonyl (C=O) groups is 4. The van der Waals surface area contributed by atoms with Crippen molar-refractivity contribution < 1.29 is 33.4 Å². The topological polar surface area (TPSA) is 96.0 Å². The van der Waals surface area contributed by atoms with Crippen LogP contribution in [0.4, 0.5) is 0 Å². The Bertz CT molecular complexity index is 613. The third-order valence-electron chi connectivity index (χ3n) is 3.11.